The minimum absolute atomic E-state index is 0.164. The van der Waals surface area contributed by atoms with Crippen LogP contribution in [0.5, 0.6) is 0 Å². The van der Waals surface area contributed by atoms with E-state index >= 15 is 0 Å². The van der Waals surface area contributed by atoms with Crippen molar-refractivity contribution in [2.75, 3.05) is 0 Å². The van der Waals surface area contributed by atoms with Crippen LogP contribution in [0.1, 0.15) is 63.0 Å². The fourth-order valence-corrected chi connectivity index (χ4v) is 2.78. The summed E-state index contributed by atoms with van der Waals surface area (Å²) in [6, 6.07) is 8.28. The number of carbonyl (C=O) groups excluding carboxylic acids is 2. The largest absolute Gasteiger partial charge is 0.345 e. The van der Waals surface area contributed by atoms with Gasteiger partial charge in [-0.1, -0.05) is 57.4 Å². The lowest BCUT2D eigenvalue weighted by molar-refractivity contribution is -0.139. The van der Waals surface area contributed by atoms with Crippen molar-refractivity contribution in [3.8, 4) is 0 Å². The van der Waals surface area contributed by atoms with E-state index in [1.165, 1.54) is 12.0 Å². The van der Waals surface area contributed by atoms with Crippen LogP contribution in [0.2, 0.25) is 0 Å². The van der Waals surface area contributed by atoms with E-state index in [-0.39, 0.29) is 6.04 Å². The highest BCUT2D eigenvalue weighted by molar-refractivity contribution is 6.35. The van der Waals surface area contributed by atoms with Crippen molar-refractivity contribution >= 4 is 11.8 Å². The van der Waals surface area contributed by atoms with Crippen LogP contribution < -0.4 is 10.6 Å². The lowest BCUT2D eigenvalue weighted by Gasteiger charge is -2.22. The number of rotatable bonds is 4. The fourth-order valence-electron chi connectivity index (χ4n) is 2.78. The van der Waals surface area contributed by atoms with Crippen LogP contribution in [0.4, 0.5) is 0 Å². The van der Waals surface area contributed by atoms with E-state index in [2.05, 4.69) is 36.6 Å². The van der Waals surface area contributed by atoms with Gasteiger partial charge in [0.1, 0.15) is 0 Å². The molecule has 0 atom stereocenters. The second-order valence-corrected chi connectivity index (χ2v) is 6.39. The zero-order valence-corrected chi connectivity index (χ0v) is 13.5. The van der Waals surface area contributed by atoms with E-state index in [4.69, 9.17) is 0 Å². The standard InChI is InChI=1S/C18H26N2O2/c1-13(2)15-10-8-14(9-11-15)12-19-17(21)18(22)20-16-6-4-3-5-7-16/h8-11,13,16H,3-7,12H2,1-2H3,(H,19,21)(H,20,22). The molecule has 1 fully saturated rings. The van der Waals surface area contributed by atoms with Crippen molar-refractivity contribution < 1.29 is 9.59 Å². The number of benzene rings is 1. The number of hydrogen-bond acceptors (Lipinski definition) is 2. The molecule has 0 saturated heterocycles. The van der Waals surface area contributed by atoms with Crippen LogP contribution in [-0.2, 0) is 16.1 Å². The van der Waals surface area contributed by atoms with E-state index in [9.17, 15) is 9.59 Å². The maximum absolute atomic E-state index is 11.9. The molecule has 0 aromatic heterocycles. The molecular formula is C18H26N2O2. The topological polar surface area (TPSA) is 58.2 Å². The van der Waals surface area contributed by atoms with Gasteiger partial charge in [0.05, 0.1) is 0 Å². The Bertz CT molecular complexity index is 502. The van der Waals surface area contributed by atoms with Crippen LogP contribution in [-0.4, -0.2) is 17.9 Å². The lowest BCUT2D eigenvalue weighted by Crippen LogP contribution is -2.45. The molecule has 1 aromatic rings. The highest BCUT2D eigenvalue weighted by Crippen LogP contribution is 2.17. The van der Waals surface area contributed by atoms with Crippen molar-refractivity contribution in [3.05, 3.63) is 35.4 Å². The molecular weight excluding hydrogens is 276 g/mol. The van der Waals surface area contributed by atoms with Crippen molar-refractivity contribution in [3.63, 3.8) is 0 Å². The summed E-state index contributed by atoms with van der Waals surface area (Å²) in [5, 5.41) is 5.51. The predicted octanol–water partition coefficient (Wildman–Crippen LogP) is 2.88. The summed E-state index contributed by atoms with van der Waals surface area (Å²) in [7, 11) is 0. The van der Waals surface area contributed by atoms with Gasteiger partial charge in [0.15, 0.2) is 0 Å². The summed E-state index contributed by atoms with van der Waals surface area (Å²) in [4.78, 5) is 23.7. The smallest absolute Gasteiger partial charge is 0.309 e. The Morgan fingerprint density at radius 3 is 2.27 bits per heavy atom. The van der Waals surface area contributed by atoms with Gasteiger partial charge in [-0.25, -0.2) is 0 Å². The Morgan fingerprint density at radius 1 is 1.05 bits per heavy atom. The first-order valence-electron chi connectivity index (χ1n) is 8.24. The van der Waals surface area contributed by atoms with Crippen LogP contribution in [0, 0.1) is 0 Å². The van der Waals surface area contributed by atoms with Gasteiger partial charge < -0.3 is 10.6 Å². The van der Waals surface area contributed by atoms with E-state index in [0.29, 0.717) is 12.5 Å². The van der Waals surface area contributed by atoms with E-state index in [1.807, 2.05) is 12.1 Å². The molecule has 1 aliphatic carbocycles. The lowest BCUT2D eigenvalue weighted by atomic mass is 9.95. The molecule has 120 valence electrons. The maximum Gasteiger partial charge on any atom is 0.309 e. The highest BCUT2D eigenvalue weighted by atomic mass is 16.2. The molecule has 4 heteroatoms. The summed E-state index contributed by atoms with van der Waals surface area (Å²) in [6.07, 6.45) is 5.46. The van der Waals surface area contributed by atoms with Gasteiger partial charge in [0.25, 0.3) is 0 Å². The van der Waals surface area contributed by atoms with E-state index in [0.717, 1.165) is 31.2 Å². The summed E-state index contributed by atoms with van der Waals surface area (Å²) in [6.45, 7) is 4.67. The molecule has 0 bridgehead atoms. The molecule has 1 aliphatic rings. The third-order valence-corrected chi connectivity index (χ3v) is 4.25. The average Bonchev–Trinajstić information content (AvgIpc) is 2.53. The van der Waals surface area contributed by atoms with Gasteiger partial charge in [-0.05, 0) is 29.9 Å². The van der Waals surface area contributed by atoms with Crippen LogP contribution in [0.15, 0.2) is 24.3 Å². The summed E-state index contributed by atoms with van der Waals surface area (Å²) < 4.78 is 0. The molecule has 0 spiro atoms. The molecule has 0 radical (unpaired) electrons. The SMILES string of the molecule is CC(C)c1ccc(CNC(=O)C(=O)NC2CCCCC2)cc1. The monoisotopic (exact) mass is 302 g/mol. The zero-order chi connectivity index (χ0) is 15.9. The van der Waals surface area contributed by atoms with Gasteiger partial charge in [0.2, 0.25) is 0 Å². The van der Waals surface area contributed by atoms with Crippen molar-refractivity contribution in [1.29, 1.82) is 0 Å². The molecule has 1 saturated carbocycles. The fraction of sp³-hybridized carbons (Fsp3) is 0.556. The first-order valence-corrected chi connectivity index (χ1v) is 8.24. The average molecular weight is 302 g/mol. The van der Waals surface area contributed by atoms with Gasteiger partial charge in [0, 0.05) is 12.6 Å². The number of amides is 2. The van der Waals surface area contributed by atoms with Crippen molar-refractivity contribution in [2.45, 2.75) is 64.5 Å². The normalized spacial score (nSPS) is 15.6. The number of nitrogens with one attached hydrogen (secondary N) is 2. The van der Waals surface area contributed by atoms with Gasteiger partial charge in [-0.2, -0.15) is 0 Å². The van der Waals surface area contributed by atoms with Crippen molar-refractivity contribution in [2.24, 2.45) is 0 Å². The van der Waals surface area contributed by atoms with Crippen molar-refractivity contribution in [1.82, 2.24) is 10.6 Å². The first-order chi connectivity index (χ1) is 10.6. The quantitative estimate of drug-likeness (QED) is 0.840. The minimum atomic E-state index is -0.543. The Balaban J connectivity index is 1.77. The molecule has 0 unspecified atom stereocenters. The highest BCUT2D eigenvalue weighted by Gasteiger charge is 2.19. The number of carbonyl (C=O) groups is 2. The molecule has 1 aromatic carbocycles. The number of hydrogen-bond donors (Lipinski definition) is 2. The predicted molar refractivity (Wildman–Crippen MR) is 87.4 cm³/mol. The Morgan fingerprint density at radius 2 is 1.68 bits per heavy atom. The second-order valence-electron chi connectivity index (χ2n) is 6.39. The molecule has 22 heavy (non-hydrogen) atoms. The van der Waals surface area contributed by atoms with Gasteiger partial charge in [-0.15, -0.1) is 0 Å². The molecule has 2 N–H and O–H groups in total. The minimum Gasteiger partial charge on any atom is -0.345 e. The Kier molecular flexibility index (Phi) is 5.99. The summed E-state index contributed by atoms with van der Waals surface area (Å²) in [5.41, 5.74) is 2.27. The zero-order valence-electron chi connectivity index (χ0n) is 13.5. The first kappa shape index (κ1) is 16.5. The van der Waals surface area contributed by atoms with E-state index in [1.54, 1.807) is 0 Å². The Labute approximate surface area is 132 Å². The maximum atomic E-state index is 11.9. The molecule has 2 amide bonds. The third kappa shape index (κ3) is 4.86. The summed E-state index contributed by atoms with van der Waals surface area (Å²) in [5.74, 6) is -0.561. The van der Waals surface area contributed by atoms with Gasteiger partial charge >= 0.3 is 11.8 Å². The summed E-state index contributed by atoms with van der Waals surface area (Å²) >= 11 is 0. The van der Waals surface area contributed by atoms with Crippen LogP contribution >= 0.6 is 0 Å². The molecule has 4 nitrogen and oxygen atoms in total. The third-order valence-electron chi connectivity index (χ3n) is 4.25. The Hall–Kier alpha value is -1.84. The van der Waals surface area contributed by atoms with Crippen LogP contribution in [0.25, 0.3) is 0 Å². The van der Waals surface area contributed by atoms with Crippen LogP contribution in [0.3, 0.4) is 0 Å². The molecule has 0 heterocycles. The second kappa shape index (κ2) is 7.97. The molecule has 2 rings (SSSR count). The van der Waals surface area contributed by atoms with E-state index < -0.39 is 11.8 Å². The molecule has 0 aliphatic heterocycles. The van der Waals surface area contributed by atoms with Gasteiger partial charge in [-0.3, -0.25) is 9.59 Å².